The van der Waals surface area contributed by atoms with E-state index in [9.17, 15) is 8.42 Å². The van der Waals surface area contributed by atoms with Crippen molar-refractivity contribution in [1.29, 1.82) is 0 Å². The maximum Gasteiger partial charge on any atom is 0.252 e. The van der Waals surface area contributed by atoms with Gasteiger partial charge in [-0.25, -0.2) is 8.42 Å². The van der Waals surface area contributed by atoms with Crippen LogP contribution in [0.1, 0.15) is 23.3 Å². The quantitative estimate of drug-likeness (QED) is 0.883. The Labute approximate surface area is 131 Å². The maximum absolute atomic E-state index is 12.7. The van der Waals surface area contributed by atoms with Crippen molar-refractivity contribution in [2.45, 2.75) is 36.6 Å². The molecule has 0 atom stereocenters. The fraction of sp³-hybridized carbons (Fsp3) is 0.714. The van der Waals surface area contributed by atoms with Gasteiger partial charge in [0.1, 0.15) is 4.21 Å². The first-order valence-electron chi connectivity index (χ1n) is 7.48. The van der Waals surface area contributed by atoms with E-state index in [2.05, 4.69) is 10.2 Å². The minimum atomic E-state index is -3.31. The predicted molar refractivity (Wildman–Crippen MR) is 85.2 cm³/mol. The van der Waals surface area contributed by atoms with Crippen molar-refractivity contribution in [1.82, 2.24) is 14.5 Å². The molecule has 21 heavy (non-hydrogen) atoms. The van der Waals surface area contributed by atoms with Crippen LogP contribution in [0, 0.1) is 6.92 Å². The Hall–Kier alpha value is -0.470. The molecule has 1 aliphatic carbocycles. The van der Waals surface area contributed by atoms with E-state index in [4.69, 9.17) is 0 Å². The van der Waals surface area contributed by atoms with Crippen LogP contribution in [0.4, 0.5) is 0 Å². The summed E-state index contributed by atoms with van der Waals surface area (Å²) in [5.41, 5.74) is 1.08. The van der Waals surface area contributed by atoms with Crippen molar-refractivity contribution >= 4 is 21.4 Å². The van der Waals surface area contributed by atoms with E-state index < -0.39 is 10.0 Å². The summed E-state index contributed by atoms with van der Waals surface area (Å²) in [7, 11) is -1.28. The summed E-state index contributed by atoms with van der Waals surface area (Å²) in [5.74, 6) is 0. The van der Waals surface area contributed by atoms with Crippen LogP contribution in [0.25, 0.3) is 0 Å². The van der Waals surface area contributed by atoms with Gasteiger partial charge in [-0.2, -0.15) is 4.31 Å². The molecule has 118 valence electrons. The second kappa shape index (κ2) is 5.96. The number of aryl methyl sites for hydroxylation is 1. The maximum atomic E-state index is 12.7. The minimum Gasteiger partial charge on any atom is -0.309 e. The second-order valence-electron chi connectivity index (χ2n) is 6.03. The molecule has 1 N–H and O–H groups in total. The number of thiophene rings is 1. The standard InChI is InChI=1S/C14H23N3O2S2/c1-11-9-14(20-13(11)10-15-12-3-4-12)21(18,19)17-7-5-16(2)6-8-17/h9,12,15H,3-8,10H2,1-2H3. The molecule has 1 aromatic heterocycles. The SMILES string of the molecule is Cc1cc(S(=O)(=O)N2CCN(C)CC2)sc1CNC1CC1. The number of rotatable bonds is 5. The third-order valence-electron chi connectivity index (χ3n) is 4.18. The molecule has 0 unspecified atom stereocenters. The van der Waals surface area contributed by atoms with Crippen LogP contribution in [0.15, 0.2) is 10.3 Å². The molecule has 0 radical (unpaired) electrons. The zero-order chi connectivity index (χ0) is 15.0. The van der Waals surface area contributed by atoms with Crippen molar-refractivity contribution in [3.8, 4) is 0 Å². The molecule has 1 aromatic rings. The van der Waals surface area contributed by atoms with Gasteiger partial charge in [0.15, 0.2) is 0 Å². The van der Waals surface area contributed by atoms with Crippen LogP contribution >= 0.6 is 11.3 Å². The summed E-state index contributed by atoms with van der Waals surface area (Å²) in [6, 6.07) is 2.48. The molecule has 0 amide bonds. The molecule has 2 fully saturated rings. The van der Waals surface area contributed by atoms with Crippen LogP contribution in [0.2, 0.25) is 0 Å². The molecule has 1 saturated carbocycles. The highest BCUT2D eigenvalue weighted by atomic mass is 32.2. The van der Waals surface area contributed by atoms with E-state index >= 15 is 0 Å². The van der Waals surface area contributed by atoms with Crippen LogP contribution in [0.5, 0.6) is 0 Å². The summed E-state index contributed by atoms with van der Waals surface area (Å²) in [5, 5.41) is 3.46. The monoisotopic (exact) mass is 329 g/mol. The average molecular weight is 329 g/mol. The van der Waals surface area contributed by atoms with E-state index in [-0.39, 0.29) is 0 Å². The van der Waals surface area contributed by atoms with Crippen molar-refractivity contribution in [2.75, 3.05) is 33.2 Å². The Morgan fingerprint density at radius 2 is 1.95 bits per heavy atom. The average Bonchev–Trinajstić information content (AvgIpc) is 3.19. The summed E-state index contributed by atoms with van der Waals surface area (Å²) in [6.45, 7) is 5.58. The van der Waals surface area contributed by atoms with Crippen molar-refractivity contribution in [3.05, 3.63) is 16.5 Å². The van der Waals surface area contributed by atoms with Crippen molar-refractivity contribution in [3.63, 3.8) is 0 Å². The van der Waals surface area contributed by atoms with Gasteiger partial charge >= 0.3 is 0 Å². The first-order chi connectivity index (χ1) is 9.96. The Bertz CT molecular complexity index is 600. The summed E-state index contributed by atoms with van der Waals surface area (Å²) >= 11 is 1.42. The van der Waals surface area contributed by atoms with Gasteiger partial charge in [-0.15, -0.1) is 11.3 Å². The second-order valence-corrected chi connectivity index (χ2v) is 9.34. The van der Waals surface area contributed by atoms with Crippen LogP contribution in [0.3, 0.4) is 0 Å². The largest absolute Gasteiger partial charge is 0.309 e. The number of hydrogen-bond acceptors (Lipinski definition) is 5. The molecule has 2 heterocycles. The number of piperazine rings is 1. The first kappa shape index (κ1) is 15.4. The normalized spacial score (nSPS) is 21.8. The molecule has 2 aliphatic rings. The lowest BCUT2D eigenvalue weighted by molar-refractivity contribution is 0.222. The minimum absolute atomic E-state index is 0.497. The lowest BCUT2D eigenvalue weighted by atomic mass is 10.3. The molecule has 0 spiro atoms. The number of nitrogens with zero attached hydrogens (tertiary/aromatic N) is 2. The third-order valence-corrected chi connectivity index (χ3v) is 7.77. The van der Waals surface area contributed by atoms with Gasteiger partial charge in [-0.1, -0.05) is 0 Å². The number of sulfonamides is 1. The van der Waals surface area contributed by atoms with Gasteiger partial charge in [0.2, 0.25) is 0 Å². The Kier molecular flexibility index (Phi) is 4.38. The highest BCUT2D eigenvalue weighted by molar-refractivity contribution is 7.91. The van der Waals surface area contributed by atoms with Crippen LogP contribution in [-0.4, -0.2) is 56.9 Å². The van der Waals surface area contributed by atoms with Gasteiger partial charge in [0.05, 0.1) is 0 Å². The number of hydrogen-bond donors (Lipinski definition) is 1. The summed E-state index contributed by atoms with van der Waals surface area (Å²) < 4.78 is 27.5. The molecule has 0 bridgehead atoms. The zero-order valence-corrected chi connectivity index (χ0v) is 14.3. The van der Waals surface area contributed by atoms with Crippen LogP contribution in [-0.2, 0) is 16.6 Å². The molecule has 0 aromatic carbocycles. The van der Waals surface area contributed by atoms with Crippen LogP contribution < -0.4 is 5.32 Å². The van der Waals surface area contributed by atoms with E-state index in [0.29, 0.717) is 23.3 Å². The molecular weight excluding hydrogens is 306 g/mol. The zero-order valence-electron chi connectivity index (χ0n) is 12.6. The van der Waals surface area contributed by atoms with Gasteiger partial charge < -0.3 is 10.2 Å². The highest BCUT2D eigenvalue weighted by Gasteiger charge is 2.29. The van der Waals surface area contributed by atoms with Gasteiger partial charge in [-0.05, 0) is 38.4 Å². The molecule has 5 nitrogen and oxygen atoms in total. The Morgan fingerprint density at radius 1 is 1.29 bits per heavy atom. The Morgan fingerprint density at radius 3 is 2.57 bits per heavy atom. The van der Waals surface area contributed by atoms with Gasteiger partial charge in [-0.3, -0.25) is 0 Å². The fourth-order valence-electron chi connectivity index (χ4n) is 2.47. The topological polar surface area (TPSA) is 52.7 Å². The molecule has 1 saturated heterocycles. The first-order valence-corrected chi connectivity index (χ1v) is 9.74. The molecule has 7 heteroatoms. The van der Waals surface area contributed by atoms with Crippen molar-refractivity contribution < 1.29 is 8.42 Å². The highest BCUT2D eigenvalue weighted by Crippen LogP contribution is 2.30. The van der Waals surface area contributed by atoms with E-state index in [1.165, 1.54) is 24.2 Å². The van der Waals surface area contributed by atoms with E-state index in [1.807, 2.05) is 20.0 Å². The predicted octanol–water partition coefficient (Wildman–Crippen LogP) is 1.24. The smallest absolute Gasteiger partial charge is 0.252 e. The lowest BCUT2D eigenvalue weighted by Crippen LogP contribution is -2.46. The molecule has 1 aliphatic heterocycles. The number of nitrogens with one attached hydrogen (secondary N) is 1. The van der Waals surface area contributed by atoms with E-state index in [1.54, 1.807) is 4.31 Å². The van der Waals surface area contributed by atoms with Gasteiger partial charge in [0, 0.05) is 43.6 Å². The number of likely N-dealkylation sites (N-methyl/N-ethyl adjacent to an activating group) is 1. The van der Waals surface area contributed by atoms with Crippen molar-refractivity contribution in [2.24, 2.45) is 0 Å². The summed E-state index contributed by atoms with van der Waals surface area (Å²) in [4.78, 5) is 3.31. The lowest BCUT2D eigenvalue weighted by Gasteiger charge is -2.31. The fourth-order valence-corrected chi connectivity index (χ4v) is 5.59. The molecule has 3 rings (SSSR count). The van der Waals surface area contributed by atoms with E-state index in [0.717, 1.165) is 30.1 Å². The Balaban J connectivity index is 1.73. The summed E-state index contributed by atoms with van der Waals surface area (Å²) in [6.07, 6.45) is 2.49. The molecular formula is C14H23N3O2S2. The van der Waals surface area contributed by atoms with Gasteiger partial charge in [0.25, 0.3) is 10.0 Å². The third kappa shape index (κ3) is 3.48.